The van der Waals surface area contributed by atoms with Crippen LogP contribution in [0.25, 0.3) is 0 Å². The van der Waals surface area contributed by atoms with Crippen molar-refractivity contribution >= 4 is 21.7 Å². The number of hydrogen-bond donors (Lipinski definition) is 0. The van der Waals surface area contributed by atoms with Gasteiger partial charge in [-0.2, -0.15) is 5.10 Å². The van der Waals surface area contributed by atoms with Crippen LogP contribution in [0, 0.1) is 5.92 Å². The minimum Gasteiger partial charge on any atom is -0.384 e. The van der Waals surface area contributed by atoms with Crippen molar-refractivity contribution in [3.05, 3.63) is 16.4 Å². The molecule has 1 aromatic heterocycles. The van der Waals surface area contributed by atoms with Gasteiger partial charge in [0.15, 0.2) is 5.78 Å². The molecule has 1 atom stereocenters. The summed E-state index contributed by atoms with van der Waals surface area (Å²) in [5.74, 6) is 0.322. The lowest BCUT2D eigenvalue weighted by Crippen LogP contribution is -2.17. The molecular formula is C12H19BrN2O2. The fraction of sp³-hybridized carbons (Fsp3) is 0.667. The molecule has 4 nitrogen and oxygen atoms in total. The molecule has 0 fully saturated rings. The lowest BCUT2D eigenvalue weighted by molar-refractivity contribution is 0.0907. The molecule has 1 unspecified atom stereocenters. The van der Waals surface area contributed by atoms with Gasteiger partial charge in [0, 0.05) is 26.2 Å². The summed E-state index contributed by atoms with van der Waals surface area (Å²) in [6.45, 7) is 6.62. The van der Waals surface area contributed by atoms with Gasteiger partial charge >= 0.3 is 0 Å². The number of hydrogen-bond acceptors (Lipinski definition) is 3. The van der Waals surface area contributed by atoms with Crippen molar-refractivity contribution in [1.29, 1.82) is 0 Å². The first kappa shape index (κ1) is 14.4. The maximum absolute atomic E-state index is 12.2. The van der Waals surface area contributed by atoms with Crippen molar-refractivity contribution in [2.24, 2.45) is 5.92 Å². The fourth-order valence-electron chi connectivity index (χ4n) is 1.75. The van der Waals surface area contributed by atoms with E-state index < -0.39 is 0 Å². The molecule has 1 rings (SSSR count). The first-order valence-electron chi connectivity index (χ1n) is 5.72. The molecule has 0 radical (unpaired) electrons. The average molecular weight is 303 g/mol. The van der Waals surface area contributed by atoms with Gasteiger partial charge < -0.3 is 4.74 Å². The van der Waals surface area contributed by atoms with Crippen LogP contribution in [0.15, 0.2) is 10.7 Å². The third-order valence-electron chi connectivity index (χ3n) is 2.49. The largest absolute Gasteiger partial charge is 0.384 e. The number of nitrogens with zero attached hydrogens (tertiary/aromatic N) is 2. The van der Waals surface area contributed by atoms with Gasteiger partial charge in [0.1, 0.15) is 5.69 Å². The molecule has 0 aliphatic rings. The van der Waals surface area contributed by atoms with Crippen LogP contribution < -0.4 is 0 Å². The van der Waals surface area contributed by atoms with Crippen LogP contribution in [0.4, 0.5) is 0 Å². The molecule has 0 aliphatic carbocycles. The maximum atomic E-state index is 12.2. The highest BCUT2D eigenvalue weighted by Crippen LogP contribution is 2.22. The van der Waals surface area contributed by atoms with Crippen LogP contribution in [0.1, 0.15) is 43.7 Å². The minimum absolute atomic E-state index is 0.104. The first-order valence-corrected chi connectivity index (χ1v) is 6.51. The van der Waals surface area contributed by atoms with Gasteiger partial charge in [-0.1, -0.05) is 6.92 Å². The molecule has 0 amide bonds. The highest BCUT2D eigenvalue weighted by atomic mass is 79.9. The number of aromatic nitrogens is 2. The molecule has 5 heteroatoms. The fourth-order valence-corrected chi connectivity index (χ4v) is 2.24. The summed E-state index contributed by atoms with van der Waals surface area (Å²) in [5.41, 5.74) is 0.656. The van der Waals surface area contributed by atoms with E-state index in [9.17, 15) is 4.79 Å². The lowest BCUT2D eigenvalue weighted by atomic mass is 10.0. The molecule has 0 spiro atoms. The Hall–Kier alpha value is -0.680. The van der Waals surface area contributed by atoms with Crippen LogP contribution in [0.2, 0.25) is 0 Å². The van der Waals surface area contributed by atoms with Gasteiger partial charge in [0.25, 0.3) is 0 Å². The summed E-state index contributed by atoms with van der Waals surface area (Å²) in [6.07, 6.45) is 2.15. The lowest BCUT2D eigenvalue weighted by Gasteiger charge is -2.13. The van der Waals surface area contributed by atoms with Gasteiger partial charge in [-0.15, -0.1) is 0 Å². The summed E-state index contributed by atoms with van der Waals surface area (Å²) >= 11 is 3.38. The number of ether oxygens (including phenoxy) is 1. The topological polar surface area (TPSA) is 44.1 Å². The summed E-state index contributed by atoms with van der Waals surface area (Å²) in [5, 5.41) is 4.21. The van der Waals surface area contributed by atoms with Gasteiger partial charge in [-0.05, 0) is 35.7 Å². The zero-order valence-electron chi connectivity index (χ0n) is 10.7. The second-order valence-electron chi connectivity index (χ2n) is 4.57. The quantitative estimate of drug-likeness (QED) is 0.759. The Labute approximate surface area is 110 Å². The Morgan fingerprint density at radius 2 is 2.18 bits per heavy atom. The van der Waals surface area contributed by atoms with E-state index in [1.165, 1.54) is 0 Å². The number of Topliss-reactive ketones (excluding diaryl/α,β-unsaturated/α-hetero) is 1. The van der Waals surface area contributed by atoms with Crippen molar-refractivity contribution < 1.29 is 9.53 Å². The Bertz CT molecular complexity index is 388. The Morgan fingerprint density at radius 3 is 2.71 bits per heavy atom. The predicted octanol–water partition coefficient (Wildman–Crippen LogP) is 3.08. The van der Waals surface area contributed by atoms with Gasteiger partial charge in [-0.3, -0.25) is 9.48 Å². The molecule has 96 valence electrons. The van der Waals surface area contributed by atoms with Crippen LogP contribution in [-0.4, -0.2) is 29.3 Å². The summed E-state index contributed by atoms with van der Waals surface area (Å²) in [7, 11) is 1.65. The number of carbonyl (C=O) groups excluding carboxylic acids is 1. The summed E-state index contributed by atoms with van der Waals surface area (Å²) in [6, 6.07) is 0.179. The summed E-state index contributed by atoms with van der Waals surface area (Å²) < 4.78 is 7.56. The number of rotatable bonds is 6. The van der Waals surface area contributed by atoms with E-state index in [-0.39, 0.29) is 17.7 Å². The summed E-state index contributed by atoms with van der Waals surface area (Å²) in [4.78, 5) is 12.2. The third-order valence-corrected chi connectivity index (χ3v) is 3.07. The Balaban J connectivity index is 2.84. The number of halogens is 1. The van der Waals surface area contributed by atoms with E-state index in [1.54, 1.807) is 18.0 Å². The smallest absolute Gasteiger partial charge is 0.182 e. The van der Waals surface area contributed by atoms with Crippen molar-refractivity contribution in [3.63, 3.8) is 0 Å². The first-order chi connectivity index (χ1) is 7.97. The van der Waals surface area contributed by atoms with Crippen LogP contribution in [0.5, 0.6) is 0 Å². The molecule has 0 bridgehead atoms. The molecule has 0 saturated heterocycles. The predicted molar refractivity (Wildman–Crippen MR) is 70.3 cm³/mol. The standard InChI is InChI=1S/C12H19BrN2O2/c1-8(2)15-12(10(13)6-14-15)11(16)5-9(3)7-17-4/h6,8-9H,5,7H2,1-4H3. The molecule has 1 heterocycles. The SMILES string of the molecule is COCC(C)CC(=O)c1c(Br)cnn1C(C)C. The van der Waals surface area contributed by atoms with Crippen molar-refractivity contribution in [3.8, 4) is 0 Å². The zero-order chi connectivity index (χ0) is 13.0. The van der Waals surface area contributed by atoms with Crippen molar-refractivity contribution in [1.82, 2.24) is 9.78 Å². The van der Waals surface area contributed by atoms with Crippen LogP contribution >= 0.6 is 15.9 Å². The van der Waals surface area contributed by atoms with Crippen LogP contribution in [0.3, 0.4) is 0 Å². The van der Waals surface area contributed by atoms with Crippen molar-refractivity contribution in [2.45, 2.75) is 33.2 Å². The van der Waals surface area contributed by atoms with E-state index in [2.05, 4.69) is 21.0 Å². The number of ketones is 1. The number of carbonyl (C=O) groups is 1. The molecule has 0 saturated carbocycles. The number of methoxy groups -OCH3 is 1. The third kappa shape index (κ3) is 3.64. The highest BCUT2D eigenvalue weighted by Gasteiger charge is 2.20. The monoisotopic (exact) mass is 302 g/mol. The van der Waals surface area contributed by atoms with Gasteiger partial charge in [0.2, 0.25) is 0 Å². The van der Waals surface area contributed by atoms with E-state index in [1.807, 2.05) is 20.8 Å². The highest BCUT2D eigenvalue weighted by molar-refractivity contribution is 9.10. The Kier molecular flexibility index (Phi) is 5.33. The molecule has 0 aliphatic heterocycles. The molecule has 1 aromatic rings. The van der Waals surface area contributed by atoms with E-state index in [0.29, 0.717) is 18.7 Å². The average Bonchev–Trinajstić information content (AvgIpc) is 2.60. The second-order valence-corrected chi connectivity index (χ2v) is 5.42. The van der Waals surface area contributed by atoms with Crippen molar-refractivity contribution in [2.75, 3.05) is 13.7 Å². The Morgan fingerprint density at radius 1 is 1.53 bits per heavy atom. The van der Waals surface area contributed by atoms with Crippen LogP contribution in [-0.2, 0) is 4.74 Å². The normalized spacial score (nSPS) is 13.1. The molecule has 0 aromatic carbocycles. The van der Waals surface area contributed by atoms with E-state index >= 15 is 0 Å². The van der Waals surface area contributed by atoms with E-state index in [4.69, 9.17) is 4.74 Å². The van der Waals surface area contributed by atoms with Gasteiger partial charge in [-0.25, -0.2) is 0 Å². The van der Waals surface area contributed by atoms with E-state index in [0.717, 1.165) is 4.47 Å². The van der Waals surface area contributed by atoms with Gasteiger partial charge in [0.05, 0.1) is 10.7 Å². The zero-order valence-corrected chi connectivity index (χ0v) is 12.3. The second kappa shape index (κ2) is 6.31. The molecule has 0 N–H and O–H groups in total. The minimum atomic E-state index is 0.104. The maximum Gasteiger partial charge on any atom is 0.182 e. The molecular weight excluding hydrogens is 284 g/mol. The molecule has 17 heavy (non-hydrogen) atoms.